The lowest BCUT2D eigenvalue weighted by atomic mass is 10.1. The Labute approximate surface area is 136 Å². The van der Waals surface area contributed by atoms with Crippen LogP contribution in [0.4, 0.5) is 5.82 Å². The van der Waals surface area contributed by atoms with Crippen molar-refractivity contribution in [1.82, 2.24) is 19.9 Å². The molecule has 2 aromatic heterocycles. The zero-order valence-electron chi connectivity index (χ0n) is 13.2. The van der Waals surface area contributed by atoms with Crippen molar-refractivity contribution in [3.8, 4) is 6.07 Å². The van der Waals surface area contributed by atoms with Crippen LogP contribution in [0.5, 0.6) is 0 Å². The highest BCUT2D eigenvalue weighted by Gasteiger charge is 2.22. The predicted octanol–water partition coefficient (Wildman–Crippen LogP) is 1.99. The molecule has 1 saturated heterocycles. The number of likely N-dealkylation sites (tertiary alicyclic amines) is 1. The van der Waals surface area contributed by atoms with Crippen LogP contribution in [0.3, 0.4) is 0 Å². The second-order valence-electron chi connectivity index (χ2n) is 5.96. The van der Waals surface area contributed by atoms with Gasteiger partial charge in [-0.25, -0.2) is 4.98 Å². The summed E-state index contributed by atoms with van der Waals surface area (Å²) in [5, 5.41) is 12.1. The first kappa shape index (κ1) is 15.4. The number of hydrogen-bond acceptors (Lipinski definition) is 6. The number of hydrogen-bond donors (Lipinski definition) is 1. The number of nitrogens with one attached hydrogen (secondary N) is 1. The van der Waals surface area contributed by atoms with Gasteiger partial charge in [-0.05, 0) is 37.9 Å². The van der Waals surface area contributed by atoms with Gasteiger partial charge in [-0.15, -0.1) is 0 Å². The van der Waals surface area contributed by atoms with Crippen LogP contribution in [-0.2, 0) is 6.54 Å². The van der Waals surface area contributed by atoms with E-state index in [0.29, 0.717) is 11.5 Å². The molecular weight excluding hydrogens is 288 g/mol. The molecule has 23 heavy (non-hydrogen) atoms. The first-order valence-corrected chi connectivity index (χ1v) is 7.83. The number of aromatic nitrogens is 3. The van der Waals surface area contributed by atoms with Crippen LogP contribution < -0.4 is 5.32 Å². The van der Waals surface area contributed by atoms with Crippen LogP contribution in [0.15, 0.2) is 30.7 Å². The molecule has 1 aliphatic rings. The second-order valence-corrected chi connectivity index (χ2v) is 5.96. The summed E-state index contributed by atoms with van der Waals surface area (Å²) in [5.41, 5.74) is 2.56. The minimum Gasteiger partial charge on any atom is -0.370 e. The van der Waals surface area contributed by atoms with E-state index in [2.05, 4.69) is 31.2 Å². The molecule has 0 bridgehead atoms. The van der Waals surface area contributed by atoms with Gasteiger partial charge in [0.1, 0.15) is 11.9 Å². The number of pyridine rings is 1. The van der Waals surface area contributed by atoms with E-state index in [1.54, 1.807) is 12.3 Å². The number of nitrogens with zero attached hydrogens (tertiary/aromatic N) is 5. The van der Waals surface area contributed by atoms with Gasteiger partial charge in [0.15, 0.2) is 0 Å². The Bertz CT molecular complexity index is 674. The summed E-state index contributed by atoms with van der Waals surface area (Å²) in [4.78, 5) is 15.4. The summed E-state index contributed by atoms with van der Waals surface area (Å²) in [6.07, 6.45) is 6.45. The maximum atomic E-state index is 8.77. The average molecular weight is 308 g/mol. The highest BCUT2D eigenvalue weighted by molar-refractivity contribution is 5.38. The third-order valence-electron chi connectivity index (χ3n) is 4.05. The molecule has 0 unspecified atom stereocenters. The van der Waals surface area contributed by atoms with Gasteiger partial charge in [-0.3, -0.25) is 14.9 Å². The first-order chi connectivity index (χ1) is 11.2. The lowest BCUT2D eigenvalue weighted by molar-refractivity contribution is 0.314. The highest BCUT2D eigenvalue weighted by Crippen LogP contribution is 2.18. The molecule has 118 valence electrons. The fourth-order valence-corrected chi connectivity index (χ4v) is 2.77. The second kappa shape index (κ2) is 7.16. The molecule has 1 fully saturated rings. The van der Waals surface area contributed by atoms with Crippen molar-refractivity contribution >= 4 is 5.82 Å². The van der Waals surface area contributed by atoms with E-state index < -0.39 is 0 Å². The Kier molecular flexibility index (Phi) is 4.79. The fourth-order valence-electron chi connectivity index (χ4n) is 2.77. The van der Waals surface area contributed by atoms with Crippen molar-refractivity contribution in [3.63, 3.8) is 0 Å². The maximum absolute atomic E-state index is 8.77. The number of rotatable bonds is 5. The molecule has 2 aromatic rings. The molecule has 6 heteroatoms. The van der Waals surface area contributed by atoms with Crippen LogP contribution in [0, 0.1) is 24.2 Å². The lowest BCUT2D eigenvalue weighted by Gasteiger charge is -2.16. The Hall–Kier alpha value is -2.52. The Morgan fingerprint density at radius 3 is 2.87 bits per heavy atom. The first-order valence-electron chi connectivity index (χ1n) is 7.83. The summed E-state index contributed by atoms with van der Waals surface area (Å²) in [5.74, 6) is 1.43. The largest absolute Gasteiger partial charge is 0.370 e. The van der Waals surface area contributed by atoms with E-state index in [-0.39, 0.29) is 0 Å². The normalized spacial score (nSPS) is 17.8. The SMILES string of the molecule is Cc1cnc(CN2CC[C@H](CNc3ccc(C#N)cn3)C2)cn1. The Morgan fingerprint density at radius 2 is 2.17 bits per heavy atom. The standard InChI is InChI=1S/C17H20N6/c1-13-7-20-16(10-19-13)12-23-5-4-15(11-23)9-22-17-3-2-14(6-18)8-21-17/h2-3,7-8,10,15H,4-5,9,11-12H2,1H3,(H,21,22)/t15-/m1/s1. The quantitative estimate of drug-likeness (QED) is 0.910. The predicted molar refractivity (Wildman–Crippen MR) is 87.6 cm³/mol. The molecule has 0 saturated carbocycles. The van der Waals surface area contributed by atoms with Crippen LogP contribution >= 0.6 is 0 Å². The van der Waals surface area contributed by atoms with Crippen LogP contribution in [-0.4, -0.2) is 39.5 Å². The Balaban J connectivity index is 1.46. The molecule has 1 atom stereocenters. The molecule has 1 N–H and O–H groups in total. The van der Waals surface area contributed by atoms with Crippen molar-refractivity contribution in [1.29, 1.82) is 5.26 Å². The van der Waals surface area contributed by atoms with Gasteiger partial charge >= 0.3 is 0 Å². The number of nitriles is 1. The van der Waals surface area contributed by atoms with Gasteiger partial charge in [0.2, 0.25) is 0 Å². The molecule has 3 rings (SSSR count). The molecule has 0 spiro atoms. The van der Waals surface area contributed by atoms with Gasteiger partial charge in [0, 0.05) is 38.2 Å². The van der Waals surface area contributed by atoms with Crippen molar-refractivity contribution in [3.05, 3.63) is 47.7 Å². The van der Waals surface area contributed by atoms with Crippen molar-refractivity contribution in [2.24, 2.45) is 5.92 Å². The fraction of sp³-hybridized carbons (Fsp3) is 0.412. The van der Waals surface area contributed by atoms with E-state index in [9.17, 15) is 0 Å². The Morgan fingerprint density at radius 1 is 1.26 bits per heavy atom. The van der Waals surface area contributed by atoms with Crippen molar-refractivity contribution in [2.75, 3.05) is 25.0 Å². The molecule has 0 amide bonds. The highest BCUT2D eigenvalue weighted by atomic mass is 15.2. The summed E-state index contributed by atoms with van der Waals surface area (Å²) >= 11 is 0. The van der Waals surface area contributed by atoms with Gasteiger partial charge in [-0.1, -0.05) is 0 Å². The average Bonchev–Trinajstić information content (AvgIpc) is 3.03. The zero-order valence-corrected chi connectivity index (χ0v) is 13.2. The molecule has 3 heterocycles. The molecular formula is C17H20N6. The summed E-state index contributed by atoms with van der Waals surface area (Å²) in [7, 11) is 0. The molecule has 1 aliphatic heterocycles. The number of anilines is 1. The van der Waals surface area contributed by atoms with Crippen LogP contribution in [0.25, 0.3) is 0 Å². The lowest BCUT2D eigenvalue weighted by Crippen LogP contribution is -2.23. The van der Waals surface area contributed by atoms with Crippen molar-refractivity contribution in [2.45, 2.75) is 19.9 Å². The van der Waals surface area contributed by atoms with E-state index >= 15 is 0 Å². The van der Waals surface area contributed by atoms with E-state index in [0.717, 1.165) is 43.4 Å². The molecule has 6 nitrogen and oxygen atoms in total. The van der Waals surface area contributed by atoms with E-state index in [4.69, 9.17) is 5.26 Å². The minimum atomic E-state index is 0.585. The minimum absolute atomic E-state index is 0.585. The molecule has 0 radical (unpaired) electrons. The maximum Gasteiger partial charge on any atom is 0.125 e. The van der Waals surface area contributed by atoms with Crippen LogP contribution in [0.2, 0.25) is 0 Å². The van der Waals surface area contributed by atoms with E-state index in [1.807, 2.05) is 25.4 Å². The topological polar surface area (TPSA) is 77.7 Å². The third-order valence-corrected chi connectivity index (χ3v) is 4.05. The van der Waals surface area contributed by atoms with Gasteiger partial charge in [0.25, 0.3) is 0 Å². The van der Waals surface area contributed by atoms with Gasteiger partial charge in [0.05, 0.1) is 17.0 Å². The molecule has 0 aliphatic carbocycles. The molecule has 0 aromatic carbocycles. The summed E-state index contributed by atoms with van der Waals surface area (Å²) < 4.78 is 0. The zero-order chi connectivity index (χ0) is 16.1. The van der Waals surface area contributed by atoms with Gasteiger partial charge in [-0.2, -0.15) is 5.26 Å². The van der Waals surface area contributed by atoms with Crippen LogP contribution in [0.1, 0.15) is 23.4 Å². The number of aryl methyl sites for hydroxylation is 1. The van der Waals surface area contributed by atoms with E-state index in [1.165, 1.54) is 6.42 Å². The van der Waals surface area contributed by atoms with Gasteiger partial charge < -0.3 is 5.32 Å². The third kappa shape index (κ3) is 4.24. The monoisotopic (exact) mass is 308 g/mol. The van der Waals surface area contributed by atoms with Crippen molar-refractivity contribution < 1.29 is 0 Å². The summed E-state index contributed by atoms with van der Waals surface area (Å²) in [6, 6.07) is 5.71. The smallest absolute Gasteiger partial charge is 0.125 e. The summed E-state index contributed by atoms with van der Waals surface area (Å²) in [6.45, 7) is 5.85.